The molecule has 5 nitrogen and oxygen atoms in total. The molecule has 2 rings (SSSR count). The third-order valence-corrected chi connectivity index (χ3v) is 4.75. The van der Waals surface area contributed by atoms with Crippen LogP contribution in [0.2, 0.25) is 0 Å². The highest BCUT2D eigenvalue weighted by atomic mass is 16.5. The Balaban J connectivity index is 1.74. The second-order valence-electron chi connectivity index (χ2n) is 6.22. The summed E-state index contributed by atoms with van der Waals surface area (Å²) < 4.78 is 5.35. The second kappa shape index (κ2) is 9.16. The first-order valence-electron chi connectivity index (χ1n) is 8.66. The Morgan fingerprint density at radius 3 is 3.09 bits per heavy atom. The lowest BCUT2D eigenvalue weighted by molar-refractivity contribution is 0.153. The zero-order valence-corrected chi connectivity index (χ0v) is 14.5. The van der Waals surface area contributed by atoms with E-state index in [1.54, 1.807) is 0 Å². The minimum absolute atomic E-state index is 0.673. The van der Waals surface area contributed by atoms with E-state index in [4.69, 9.17) is 4.74 Å². The van der Waals surface area contributed by atoms with Crippen LogP contribution in [0.25, 0.3) is 0 Å². The van der Waals surface area contributed by atoms with Crippen LogP contribution in [0.5, 0.6) is 0 Å². The molecule has 1 fully saturated rings. The first-order valence-corrected chi connectivity index (χ1v) is 8.66. The van der Waals surface area contributed by atoms with Gasteiger partial charge in [0.25, 0.3) is 0 Å². The van der Waals surface area contributed by atoms with Gasteiger partial charge in [0.15, 0.2) is 5.96 Å². The molecule has 2 aliphatic heterocycles. The molecule has 0 aromatic carbocycles. The van der Waals surface area contributed by atoms with E-state index < -0.39 is 0 Å². The van der Waals surface area contributed by atoms with Crippen LogP contribution in [0.4, 0.5) is 0 Å². The van der Waals surface area contributed by atoms with E-state index in [-0.39, 0.29) is 0 Å². The molecule has 0 spiro atoms. The molecule has 0 saturated carbocycles. The third kappa shape index (κ3) is 4.99. The average Bonchev–Trinajstić information content (AvgIpc) is 2.99. The zero-order valence-electron chi connectivity index (χ0n) is 14.5. The molecule has 2 heterocycles. The molecular formula is C17H32N4O. The third-order valence-electron chi connectivity index (χ3n) is 4.75. The number of ether oxygens (including phenoxy) is 1. The minimum atomic E-state index is 0.673. The van der Waals surface area contributed by atoms with Crippen LogP contribution in [0.1, 0.15) is 32.6 Å². The molecule has 2 aliphatic rings. The van der Waals surface area contributed by atoms with Gasteiger partial charge in [0.2, 0.25) is 0 Å². The number of hydrogen-bond acceptors (Lipinski definition) is 3. The fourth-order valence-electron chi connectivity index (χ4n) is 3.43. The Hall–Kier alpha value is -1.07. The van der Waals surface area contributed by atoms with Crippen molar-refractivity contribution in [2.45, 2.75) is 38.6 Å². The van der Waals surface area contributed by atoms with E-state index in [9.17, 15) is 0 Å². The Kier molecular flexibility index (Phi) is 7.19. The number of nitrogens with one attached hydrogen (secondary N) is 1. The summed E-state index contributed by atoms with van der Waals surface area (Å²) in [6.07, 6.45) is 7.01. The monoisotopic (exact) mass is 308 g/mol. The van der Waals surface area contributed by atoms with Gasteiger partial charge < -0.3 is 15.0 Å². The highest BCUT2D eigenvalue weighted by Gasteiger charge is 2.24. The van der Waals surface area contributed by atoms with Gasteiger partial charge in [-0.2, -0.15) is 0 Å². The summed E-state index contributed by atoms with van der Waals surface area (Å²) >= 11 is 0. The maximum Gasteiger partial charge on any atom is 0.193 e. The van der Waals surface area contributed by atoms with Crippen molar-refractivity contribution in [3.8, 4) is 0 Å². The van der Waals surface area contributed by atoms with Gasteiger partial charge in [-0.1, -0.05) is 18.6 Å². The number of aliphatic imine (C=N–C) groups is 1. The van der Waals surface area contributed by atoms with E-state index in [1.807, 2.05) is 7.05 Å². The van der Waals surface area contributed by atoms with Gasteiger partial charge in [-0.3, -0.25) is 9.89 Å². The van der Waals surface area contributed by atoms with Crippen molar-refractivity contribution in [3.05, 3.63) is 11.6 Å². The highest BCUT2D eigenvalue weighted by Crippen LogP contribution is 2.17. The lowest BCUT2D eigenvalue weighted by Crippen LogP contribution is -2.46. The van der Waals surface area contributed by atoms with Gasteiger partial charge in [0.1, 0.15) is 0 Å². The van der Waals surface area contributed by atoms with Crippen molar-refractivity contribution in [3.63, 3.8) is 0 Å². The molecule has 0 aromatic rings. The van der Waals surface area contributed by atoms with Crippen LogP contribution in [-0.4, -0.2) is 75.3 Å². The molecule has 1 unspecified atom stereocenters. The standard InChI is InChI=1S/C17H32N4O/c1-4-21-11-5-6-16(21)14-20(3)17(18-2)19-10-7-15-8-12-22-13-9-15/h8,16H,4-7,9-14H2,1-3H3,(H,18,19). The predicted octanol–water partition coefficient (Wildman–Crippen LogP) is 1.71. The van der Waals surface area contributed by atoms with Crippen molar-refractivity contribution in [1.82, 2.24) is 15.1 Å². The van der Waals surface area contributed by atoms with Gasteiger partial charge in [0, 0.05) is 33.2 Å². The van der Waals surface area contributed by atoms with E-state index in [0.717, 1.165) is 51.6 Å². The number of likely N-dealkylation sites (N-methyl/N-ethyl adjacent to an activating group) is 2. The number of rotatable bonds is 6. The molecule has 1 saturated heterocycles. The zero-order chi connectivity index (χ0) is 15.8. The lowest BCUT2D eigenvalue weighted by Gasteiger charge is -2.30. The summed E-state index contributed by atoms with van der Waals surface area (Å²) in [7, 11) is 4.02. The highest BCUT2D eigenvalue weighted by molar-refractivity contribution is 5.79. The fourth-order valence-corrected chi connectivity index (χ4v) is 3.43. The van der Waals surface area contributed by atoms with Crippen molar-refractivity contribution >= 4 is 5.96 Å². The topological polar surface area (TPSA) is 40.1 Å². The van der Waals surface area contributed by atoms with Crippen LogP contribution >= 0.6 is 0 Å². The Morgan fingerprint density at radius 1 is 1.55 bits per heavy atom. The Labute approximate surface area is 135 Å². The van der Waals surface area contributed by atoms with Gasteiger partial charge >= 0.3 is 0 Å². The summed E-state index contributed by atoms with van der Waals surface area (Å²) in [4.78, 5) is 9.29. The Bertz CT molecular complexity index is 394. The lowest BCUT2D eigenvalue weighted by atomic mass is 10.1. The van der Waals surface area contributed by atoms with E-state index in [2.05, 4.69) is 40.2 Å². The largest absolute Gasteiger partial charge is 0.377 e. The molecule has 0 aromatic heterocycles. The molecule has 1 N–H and O–H groups in total. The molecule has 0 aliphatic carbocycles. The van der Waals surface area contributed by atoms with Crippen LogP contribution in [-0.2, 0) is 4.74 Å². The molecule has 5 heteroatoms. The van der Waals surface area contributed by atoms with Crippen LogP contribution in [0.3, 0.4) is 0 Å². The number of guanidine groups is 1. The minimum Gasteiger partial charge on any atom is -0.377 e. The summed E-state index contributed by atoms with van der Waals surface area (Å²) in [6.45, 7) is 8.31. The smallest absolute Gasteiger partial charge is 0.193 e. The molecule has 0 radical (unpaired) electrons. The first-order chi connectivity index (χ1) is 10.7. The van der Waals surface area contributed by atoms with Crippen LogP contribution in [0.15, 0.2) is 16.6 Å². The normalized spacial score (nSPS) is 23.5. The molecule has 126 valence electrons. The molecule has 0 bridgehead atoms. The van der Waals surface area contributed by atoms with Crippen molar-refractivity contribution in [2.24, 2.45) is 4.99 Å². The number of nitrogens with zero attached hydrogens (tertiary/aromatic N) is 3. The second-order valence-corrected chi connectivity index (χ2v) is 6.22. The molecule has 0 amide bonds. The van der Waals surface area contributed by atoms with E-state index >= 15 is 0 Å². The molecular weight excluding hydrogens is 276 g/mol. The van der Waals surface area contributed by atoms with E-state index in [1.165, 1.54) is 25.0 Å². The van der Waals surface area contributed by atoms with Crippen molar-refractivity contribution in [2.75, 3.05) is 53.5 Å². The summed E-state index contributed by atoms with van der Waals surface area (Å²) in [5.74, 6) is 1.01. The molecule has 22 heavy (non-hydrogen) atoms. The van der Waals surface area contributed by atoms with Crippen LogP contribution < -0.4 is 5.32 Å². The summed E-state index contributed by atoms with van der Waals surface area (Å²) in [5.41, 5.74) is 1.50. The van der Waals surface area contributed by atoms with Crippen LogP contribution in [0, 0.1) is 0 Å². The fraction of sp³-hybridized carbons (Fsp3) is 0.824. The van der Waals surface area contributed by atoms with Crippen molar-refractivity contribution < 1.29 is 4.74 Å². The predicted molar refractivity (Wildman–Crippen MR) is 92.4 cm³/mol. The molecule has 1 atom stereocenters. The van der Waals surface area contributed by atoms with E-state index in [0.29, 0.717) is 6.04 Å². The van der Waals surface area contributed by atoms with Gasteiger partial charge in [-0.25, -0.2) is 0 Å². The summed E-state index contributed by atoms with van der Waals surface area (Å²) in [6, 6.07) is 0.673. The van der Waals surface area contributed by atoms with Gasteiger partial charge in [-0.15, -0.1) is 0 Å². The van der Waals surface area contributed by atoms with Gasteiger partial charge in [-0.05, 0) is 38.8 Å². The summed E-state index contributed by atoms with van der Waals surface area (Å²) in [5, 5.41) is 3.50. The van der Waals surface area contributed by atoms with Gasteiger partial charge in [0.05, 0.1) is 13.2 Å². The number of likely N-dealkylation sites (tertiary alicyclic amines) is 1. The SMILES string of the molecule is CCN1CCCC1CN(C)C(=NC)NCCC1=CCOCC1. The number of hydrogen-bond donors (Lipinski definition) is 1. The Morgan fingerprint density at radius 2 is 2.41 bits per heavy atom. The van der Waals surface area contributed by atoms with Crippen molar-refractivity contribution in [1.29, 1.82) is 0 Å². The first kappa shape index (κ1) is 17.3. The maximum atomic E-state index is 5.35. The quantitative estimate of drug-likeness (QED) is 0.461. The maximum absolute atomic E-state index is 5.35. The average molecular weight is 308 g/mol.